The largest absolute Gasteiger partial charge is 0.320 e. The quantitative estimate of drug-likeness (QED) is 0.742. The van der Waals surface area contributed by atoms with Crippen LogP contribution in [0.15, 0.2) is 42.0 Å². The van der Waals surface area contributed by atoms with E-state index in [9.17, 15) is 0 Å². The molecule has 0 saturated heterocycles. The van der Waals surface area contributed by atoms with Gasteiger partial charge in [-0.3, -0.25) is 0 Å². The number of rotatable bonds is 0. The highest BCUT2D eigenvalue weighted by atomic mass is 14.6. The molecule has 2 bridgehead atoms. The van der Waals surface area contributed by atoms with Crippen molar-refractivity contribution in [1.29, 1.82) is 0 Å². The maximum absolute atomic E-state index is 6.39. The monoisotopic (exact) mass is 249 g/mol. The van der Waals surface area contributed by atoms with E-state index in [0.717, 1.165) is 0 Å². The summed E-state index contributed by atoms with van der Waals surface area (Å²) in [7, 11) is 0. The molecule has 0 fully saturated rings. The van der Waals surface area contributed by atoms with Crippen LogP contribution < -0.4 is 5.73 Å². The molecule has 1 aromatic carbocycles. The van der Waals surface area contributed by atoms with Gasteiger partial charge in [0.1, 0.15) is 0 Å². The Morgan fingerprint density at radius 3 is 2.58 bits per heavy atom. The Morgan fingerprint density at radius 1 is 1.00 bits per heavy atom. The van der Waals surface area contributed by atoms with E-state index in [-0.39, 0.29) is 6.04 Å². The number of benzene rings is 1. The molecule has 1 unspecified atom stereocenters. The molecular formula is C18H19N. The highest BCUT2D eigenvalue weighted by Gasteiger charge is 2.24. The van der Waals surface area contributed by atoms with Crippen molar-refractivity contribution < 1.29 is 0 Å². The van der Waals surface area contributed by atoms with Crippen molar-refractivity contribution >= 4 is 11.6 Å². The van der Waals surface area contributed by atoms with Crippen molar-refractivity contribution in [3.05, 3.63) is 69.8 Å². The van der Waals surface area contributed by atoms with Gasteiger partial charge in [-0.15, -0.1) is 0 Å². The Bertz CT molecular complexity index is 669. The van der Waals surface area contributed by atoms with E-state index in [0.29, 0.717) is 0 Å². The number of fused-ring (bicyclic) bond motifs is 4. The maximum Gasteiger partial charge on any atom is 0.0558 e. The van der Waals surface area contributed by atoms with Gasteiger partial charge in [0.15, 0.2) is 0 Å². The topological polar surface area (TPSA) is 26.0 Å². The van der Waals surface area contributed by atoms with Crippen LogP contribution in [0, 0.1) is 20.8 Å². The van der Waals surface area contributed by atoms with E-state index in [1.54, 1.807) is 0 Å². The first kappa shape index (κ1) is 12.2. The van der Waals surface area contributed by atoms with E-state index in [1.165, 1.54) is 39.0 Å². The average molecular weight is 249 g/mol. The Hall–Kier alpha value is -1.86. The van der Waals surface area contributed by atoms with Crippen LogP contribution in [-0.4, -0.2) is 6.04 Å². The zero-order chi connectivity index (χ0) is 13.6. The summed E-state index contributed by atoms with van der Waals surface area (Å²) < 4.78 is 0. The number of allylic oxidation sites excluding steroid dienone is 4. The van der Waals surface area contributed by atoms with Crippen LogP contribution >= 0.6 is 0 Å². The van der Waals surface area contributed by atoms with E-state index >= 15 is 0 Å². The summed E-state index contributed by atoms with van der Waals surface area (Å²) in [5, 5.41) is 0. The van der Waals surface area contributed by atoms with Gasteiger partial charge in [0, 0.05) is 0 Å². The van der Waals surface area contributed by atoms with Gasteiger partial charge in [-0.25, -0.2) is 0 Å². The van der Waals surface area contributed by atoms with Crippen LogP contribution in [0.3, 0.4) is 0 Å². The zero-order valence-corrected chi connectivity index (χ0v) is 11.7. The van der Waals surface area contributed by atoms with Crippen LogP contribution in [-0.2, 0) is 0 Å². The second-order valence-corrected chi connectivity index (χ2v) is 5.39. The third-order valence-electron chi connectivity index (χ3n) is 4.31. The van der Waals surface area contributed by atoms with Crippen molar-refractivity contribution in [3.8, 4) is 0 Å². The predicted octanol–water partition coefficient (Wildman–Crippen LogP) is 3.85. The molecule has 1 nitrogen and oxygen atoms in total. The summed E-state index contributed by atoms with van der Waals surface area (Å²) in [5.41, 5.74) is 15.5. The van der Waals surface area contributed by atoms with E-state index in [1.807, 2.05) is 0 Å². The fourth-order valence-corrected chi connectivity index (χ4v) is 2.87. The van der Waals surface area contributed by atoms with Gasteiger partial charge in [-0.1, -0.05) is 36.4 Å². The van der Waals surface area contributed by atoms with E-state index < -0.39 is 0 Å². The summed E-state index contributed by atoms with van der Waals surface area (Å²) in [4.78, 5) is 0. The summed E-state index contributed by atoms with van der Waals surface area (Å²) >= 11 is 0. The molecule has 19 heavy (non-hydrogen) atoms. The normalized spacial score (nSPS) is 26.4. The Morgan fingerprint density at radius 2 is 1.79 bits per heavy atom. The molecule has 0 radical (unpaired) electrons. The zero-order valence-electron chi connectivity index (χ0n) is 11.7. The molecule has 0 spiro atoms. The smallest absolute Gasteiger partial charge is 0.0558 e. The molecule has 2 aliphatic rings. The number of hydrogen-bond acceptors (Lipinski definition) is 1. The average Bonchev–Trinajstić information content (AvgIpc) is 2.39. The highest BCUT2D eigenvalue weighted by Crippen LogP contribution is 2.37. The minimum atomic E-state index is -0.0183. The van der Waals surface area contributed by atoms with Crippen LogP contribution in [0.25, 0.3) is 11.6 Å². The number of nitrogens with two attached hydrogens (primary N) is 1. The van der Waals surface area contributed by atoms with Crippen LogP contribution in [0.5, 0.6) is 0 Å². The first-order chi connectivity index (χ1) is 9.09. The lowest BCUT2D eigenvalue weighted by Gasteiger charge is -2.28. The Labute approximate surface area is 114 Å². The first-order valence-electron chi connectivity index (χ1n) is 6.73. The molecular weight excluding hydrogens is 230 g/mol. The summed E-state index contributed by atoms with van der Waals surface area (Å²) in [5.74, 6) is 0. The summed E-state index contributed by atoms with van der Waals surface area (Å²) in [6.07, 6.45) is 12.7. The minimum Gasteiger partial charge on any atom is -0.320 e. The predicted molar refractivity (Wildman–Crippen MR) is 82.9 cm³/mol. The minimum absolute atomic E-state index is 0.0183. The lowest BCUT2D eigenvalue weighted by atomic mass is 9.79. The van der Waals surface area contributed by atoms with Gasteiger partial charge in [0.2, 0.25) is 0 Å². The fraction of sp³-hybridized carbons (Fsp3) is 0.222. The van der Waals surface area contributed by atoms with Gasteiger partial charge in [-0.2, -0.15) is 0 Å². The van der Waals surface area contributed by atoms with Gasteiger partial charge < -0.3 is 5.73 Å². The molecule has 0 aromatic heterocycles. The fourth-order valence-electron chi connectivity index (χ4n) is 2.87. The molecule has 0 heterocycles. The van der Waals surface area contributed by atoms with Gasteiger partial charge in [-0.05, 0) is 65.8 Å². The molecule has 2 aliphatic carbocycles. The number of aryl methyl sites for hydroxylation is 1. The Kier molecular flexibility index (Phi) is 2.79. The number of hydrogen-bond donors (Lipinski definition) is 1. The molecule has 0 amide bonds. The first-order valence-corrected chi connectivity index (χ1v) is 6.73. The van der Waals surface area contributed by atoms with Crippen molar-refractivity contribution in [2.75, 3.05) is 0 Å². The Balaban J connectivity index is 2.38. The lowest BCUT2D eigenvalue weighted by molar-refractivity contribution is 0.991. The molecule has 2 N–H and O–H groups in total. The van der Waals surface area contributed by atoms with Gasteiger partial charge >= 0.3 is 0 Å². The summed E-state index contributed by atoms with van der Waals surface area (Å²) in [6, 6.07) is 2.26. The standard InChI is InChI=1S/C18H19N/c1-11-9-17-15-8-6-4-5-7-14(18(15)19)10-16(17)13(3)12(11)2/h4-10,18H,19H2,1-3H3/b5-4?,6-4-,7-5-,8-6?,14-7?,15-8+. The van der Waals surface area contributed by atoms with Crippen molar-refractivity contribution in [3.63, 3.8) is 0 Å². The third kappa shape index (κ3) is 1.82. The van der Waals surface area contributed by atoms with Crippen molar-refractivity contribution in [2.24, 2.45) is 5.73 Å². The molecule has 3 rings (SSSR count). The molecule has 96 valence electrons. The molecule has 0 saturated carbocycles. The van der Waals surface area contributed by atoms with Crippen LogP contribution in [0.1, 0.15) is 27.8 Å². The second-order valence-electron chi connectivity index (χ2n) is 5.39. The summed E-state index contributed by atoms with van der Waals surface area (Å²) in [6.45, 7) is 6.57. The van der Waals surface area contributed by atoms with Gasteiger partial charge in [0.25, 0.3) is 0 Å². The van der Waals surface area contributed by atoms with Crippen LogP contribution in [0.4, 0.5) is 0 Å². The molecule has 1 atom stereocenters. The van der Waals surface area contributed by atoms with E-state index in [4.69, 9.17) is 5.73 Å². The molecule has 1 aromatic rings. The van der Waals surface area contributed by atoms with Crippen molar-refractivity contribution in [1.82, 2.24) is 0 Å². The highest BCUT2D eigenvalue weighted by molar-refractivity contribution is 5.88. The van der Waals surface area contributed by atoms with Gasteiger partial charge in [0.05, 0.1) is 6.04 Å². The van der Waals surface area contributed by atoms with E-state index in [2.05, 4.69) is 63.3 Å². The lowest BCUT2D eigenvalue weighted by Crippen LogP contribution is -2.27. The second kappa shape index (κ2) is 4.36. The molecule has 1 heteroatoms. The molecule has 0 aliphatic heterocycles. The third-order valence-corrected chi connectivity index (χ3v) is 4.31. The van der Waals surface area contributed by atoms with Crippen molar-refractivity contribution in [2.45, 2.75) is 26.8 Å². The maximum atomic E-state index is 6.39. The van der Waals surface area contributed by atoms with Crippen LogP contribution in [0.2, 0.25) is 0 Å². The SMILES string of the molecule is Cc1cc2c(c(C)c1C)C=C1\C=C/C=C\C=C/2C1N.